The summed E-state index contributed by atoms with van der Waals surface area (Å²) in [6.07, 6.45) is 3.72. The van der Waals surface area contributed by atoms with E-state index in [1.807, 2.05) is 0 Å². The lowest BCUT2D eigenvalue weighted by molar-refractivity contribution is -0.113. The van der Waals surface area contributed by atoms with Gasteiger partial charge in [-0.15, -0.1) is 0 Å². The molecule has 1 fully saturated rings. The summed E-state index contributed by atoms with van der Waals surface area (Å²) in [6.45, 7) is 1.85. The molecule has 1 amide bonds. The first-order valence-electron chi connectivity index (χ1n) is 6.36. The molecule has 0 bridgehead atoms. The molecule has 0 N–H and O–H groups in total. The van der Waals surface area contributed by atoms with Crippen molar-refractivity contribution in [1.29, 1.82) is 0 Å². The highest BCUT2D eigenvalue weighted by atomic mass is 35.5. The summed E-state index contributed by atoms with van der Waals surface area (Å²) in [6, 6.07) is 4.46. The minimum Gasteiger partial charge on any atom is -0.351 e. The summed E-state index contributed by atoms with van der Waals surface area (Å²) in [5.74, 6) is -0.760. The van der Waals surface area contributed by atoms with Crippen molar-refractivity contribution in [3.05, 3.63) is 39.5 Å². The van der Waals surface area contributed by atoms with Gasteiger partial charge < -0.3 is 4.90 Å². The van der Waals surface area contributed by atoms with Crippen molar-refractivity contribution >= 4 is 40.5 Å². The lowest BCUT2D eigenvalue weighted by Gasteiger charge is -2.14. The predicted molar refractivity (Wildman–Crippen MR) is 80.2 cm³/mol. The molecule has 0 radical (unpaired) electrons. The zero-order valence-corrected chi connectivity index (χ0v) is 12.2. The Morgan fingerprint density at radius 1 is 1.35 bits per heavy atom. The van der Waals surface area contributed by atoms with Crippen LogP contribution in [0.4, 0.5) is 4.39 Å². The molecule has 2 heterocycles. The maximum Gasteiger partial charge on any atom is 0.286 e. The number of amides is 1. The number of rotatable bonds is 1. The van der Waals surface area contributed by atoms with Crippen LogP contribution in [0.2, 0.25) is 5.02 Å². The Labute approximate surface area is 125 Å². The Hall–Kier alpha value is -1.33. The maximum absolute atomic E-state index is 13.7. The van der Waals surface area contributed by atoms with Crippen LogP contribution in [-0.2, 0) is 4.79 Å². The van der Waals surface area contributed by atoms with Gasteiger partial charge in [-0.3, -0.25) is 4.79 Å². The molecule has 1 aromatic rings. The fourth-order valence-electron chi connectivity index (χ4n) is 2.22. The molecule has 0 atom stereocenters. The van der Waals surface area contributed by atoms with E-state index < -0.39 is 5.82 Å². The van der Waals surface area contributed by atoms with Crippen LogP contribution in [0.3, 0.4) is 0 Å². The highest BCUT2D eigenvalue weighted by molar-refractivity contribution is 8.18. The van der Waals surface area contributed by atoms with Crippen LogP contribution in [0.5, 0.6) is 0 Å². The van der Waals surface area contributed by atoms with E-state index in [1.54, 1.807) is 6.07 Å². The molecule has 0 aliphatic carbocycles. The summed E-state index contributed by atoms with van der Waals surface area (Å²) in [4.78, 5) is 18.4. The molecule has 0 unspecified atom stereocenters. The quantitative estimate of drug-likeness (QED) is 0.744. The smallest absolute Gasteiger partial charge is 0.286 e. The van der Waals surface area contributed by atoms with E-state index in [-0.39, 0.29) is 11.5 Å². The Balaban J connectivity index is 1.86. The predicted octanol–water partition coefficient (Wildman–Crippen LogP) is 3.55. The topological polar surface area (TPSA) is 32.7 Å². The number of thioether (sulfide) groups is 1. The molecule has 2 aliphatic heterocycles. The van der Waals surface area contributed by atoms with Crippen molar-refractivity contribution < 1.29 is 9.18 Å². The number of amidine groups is 1. The molecule has 2 aliphatic rings. The second-order valence-electron chi connectivity index (χ2n) is 4.64. The fourth-order valence-corrected chi connectivity index (χ4v) is 3.39. The second-order valence-corrected chi connectivity index (χ2v) is 6.06. The number of aliphatic imine (C=N–C) groups is 1. The average Bonchev–Trinajstić information content (AvgIpc) is 3.04. The molecule has 104 valence electrons. The summed E-state index contributed by atoms with van der Waals surface area (Å²) in [7, 11) is 0. The third kappa shape index (κ3) is 2.60. The lowest BCUT2D eigenvalue weighted by atomic mass is 10.2. The van der Waals surface area contributed by atoms with E-state index in [4.69, 9.17) is 11.6 Å². The van der Waals surface area contributed by atoms with E-state index in [9.17, 15) is 9.18 Å². The van der Waals surface area contributed by atoms with Crippen LogP contribution in [0, 0.1) is 5.82 Å². The van der Waals surface area contributed by atoms with E-state index in [2.05, 4.69) is 9.89 Å². The van der Waals surface area contributed by atoms with Gasteiger partial charge in [-0.1, -0.05) is 17.7 Å². The molecule has 0 saturated carbocycles. The van der Waals surface area contributed by atoms with Gasteiger partial charge in [-0.05, 0) is 42.8 Å². The van der Waals surface area contributed by atoms with Gasteiger partial charge in [0.2, 0.25) is 0 Å². The van der Waals surface area contributed by atoms with Gasteiger partial charge in [0.1, 0.15) is 5.82 Å². The van der Waals surface area contributed by atoms with Crippen molar-refractivity contribution in [2.45, 2.75) is 12.8 Å². The maximum atomic E-state index is 13.7. The van der Waals surface area contributed by atoms with Crippen LogP contribution in [0.25, 0.3) is 6.08 Å². The molecule has 1 aromatic carbocycles. The van der Waals surface area contributed by atoms with Gasteiger partial charge in [0.15, 0.2) is 5.17 Å². The zero-order chi connectivity index (χ0) is 14.1. The molecule has 0 spiro atoms. The Bertz CT molecular complexity index is 603. The lowest BCUT2D eigenvalue weighted by Crippen LogP contribution is -2.23. The number of halogens is 2. The Morgan fingerprint density at radius 2 is 2.10 bits per heavy atom. The van der Waals surface area contributed by atoms with Crippen molar-refractivity contribution in [3.8, 4) is 0 Å². The molecular weight excluding hydrogens is 299 g/mol. The Morgan fingerprint density at radius 3 is 2.80 bits per heavy atom. The molecule has 20 heavy (non-hydrogen) atoms. The average molecular weight is 311 g/mol. The first-order valence-corrected chi connectivity index (χ1v) is 7.56. The van der Waals surface area contributed by atoms with Crippen molar-refractivity contribution in [2.24, 2.45) is 4.99 Å². The van der Waals surface area contributed by atoms with Gasteiger partial charge in [-0.25, -0.2) is 4.39 Å². The molecular formula is C14H12ClFN2OS. The van der Waals surface area contributed by atoms with Crippen LogP contribution >= 0.6 is 23.4 Å². The number of hydrogen-bond donors (Lipinski definition) is 0. The fraction of sp³-hybridized carbons (Fsp3) is 0.286. The van der Waals surface area contributed by atoms with Gasteiger partial charge in [0.25, 0.3) is 5.91 Å². The standard InChI is InChI=1S/C14H12ClFN2OS/c15-10-4-3-5-11(16)9(10)8-12-13(19)17-14(20-12)18-6-1-2-7-18/h3-5,8H,1-2,6-7H2. The zero-order valence-electron chi connectivity index (χ0n) is 10.6. The number of hydrogen-bond acceptors (Lipinski definition) is 3. The minimum absolute atomic E-state index is 0.239. The van der Waals surface area contributed by atoms with Crippen molar-refractivity contribution in [3.63, 3.8) is 0 Å². The summed E-state index contributed by atoms with van der Waals surface area (Å²) < 4.78 is 13.7. The molecule has 6 heteroatoms. The minimum atomic E-state index is -0.437. The van der Waals surface area contributed by atoms with Crippen molar-refractivity contribution in [1.82, 2.24) is 4.90 Å². The number of nitrogens with zero attached hydrogens (tertiary/aromatic N) is 2. The summed E-state index contributed by atoms with van der Waals surface area (Å²) >= 11 is 7.26. The third-order valence-electron chi connectivity index (χ3n) is 3.26. The highest BCUT2D eigenvalue weighted by Gasteiger charge is 2.28. The van der Waals surface area contributed by atoms with Crippen molar-refractivity contribution in [2.75, 3.05) is 13.1 Å². The number of carbonyl (C=O) groups is 1. The van der Waals surface area contributed by atoms with E-state index >= 15 is 0 Å². The van der Waals surface area contributed by atoms with Gasteiger partial charge in [0, 0.05) is 18.7 Å². The van der Waals surface area contributed by atoms with Crippen LogP contribution in [-0.4, -0.2) is 29.1 Å². The number of likely N-dealkylation sites (tertiary alicyclic amines) is 1. The SMILES string of the molecule is O=C1N=C(N2CCCC2)SC1=Cc1c(F)cccc1Cl. The van der Waals surface area contributed by atoms with Gasteiger partial charge in [0.05, 0.1) is 9.93 Å². The first kappa shape index (κ1) is 13.6. The summed E-state index contributed by atoms with van der Waals surface area (Å²) in [5.41, 5.74) is 0.239. The van der Waals surface area contributed by atoms with E-state index in [1.165, 1.54) is 30.0 Å². The molecule has 1 saturated heterocycles. The first-order chi connectivity index (χ1) is 9.65. The second kappa shape index (κ2) is 5.58. The van der Waals surface area contributed by atoms with E-state index in [0.717, 1.165) is 25.9 Å². The highest BCUT2D eigenvalue weighted by Crippen LogP contribution is 2.33. The number of carbonyl (C=O) groups excluding carboxylic acids is 1. The monoisotopic (exact) mass is 310 g/mol. The van der Waals surface area contributed by atoms with E-state index in [0.29, 0.717) is 15.1 Å². The van der Waals surface area contributed by atoms with Crippen LogP contribution in [0.15, 0.2) is 28.1 Å². The summed E-state index contributed by atoms with van der Waals surface area (Å²) in [5, 5.41) is 1.01. The van der Waals surface area contributed by atoms with Crippen LogP contribution in [0.1, 0.15) is 18.4 Å². The third-order valence-corrected chi connectivity index (χ3v) is 4.63. The molecule has 0 aromatic heterocycles. The van der Waals surface area contributed by atoms with Gasteiger partial charge in [-0.2, -0.15) is 4.99 Å². The van der Waals surface area contributed by atoms with Crippen LogP contribution < -0.4 is 0 Å². The largest absolute Gasteiger partial charge is 0.351 e. The normalized spacial score (nSPS) is 20.9. The molecule has 3 rings (SSSR count). The molecule has 3 nitrogen and oxygen atoms in total. The van der Waals surface area contributed by atoms with Gasteiger partial charge >= 0.3 is 0 Å². The number of benzene rings is 1. The Kier molecular flexibility index (Phi) is 3.81.